The van der Waals surface area contributed by atoms with Crippen molar-refractivity contribution in [3.05, 3.63) is 42.1 Å². The minimum atomic E-state index is -0.283. The lowest BCUT2D eigenvalue weighted by Gasteiger charge is -2.15. The number of carbonyl (C=O) groups excluding carboxylic acids is 1. The zero-order chi connectivity index (χ0) is 18.7. The molecule has 2 heterocycles. The van der Waals surface area contributed by atoms with Crippen molar-refractivity contribution in [1.82, 2.24) is 24.6 Å². The van der Waals surface area contributed by atoms with Gasteiger partial charge in [-0.3, -0.25) is 4.79 Å². The number of methoxy groups -OCH3 is 2. The Balaban J connectivity index is 1.80. The van der Waals surface area contributed by atoms with Gasteiger partial charge in [-0.2, -0.15) is 0 Å². The summed E-state index contributed by atoms with van der Waals surface area (Å²) in [5.74, 6) is 1.28. The lowest BCUT2D eigenvalue weighted by atomic mass is 10.2. The third kappa shape index (κ3) is 3.41. The molecule has 0 bridgehead atoms. The number of nitrogens with zero attached hydrogens (tertiary/aromatic N) is 4. The summed E-state index contributed by atoms with van der Waals surface area (Å²) >= 11 is 0. The van der Waals surface area contributed by atoms with Gasteiger partial charge in [0.15, 0.2) is 5.82 Å². The summed E-state index contributed by atoms with van der Waals surface area (Å²) in [7, 11) is 5.14. The molecule has 26 heavy (non-hydrogen) atoms. The van der Waals surface area contributed by atoms with Crippen LogP contribution in [0.2, 0.25) is 0 Å². The van der Waals surface area contributed by atoms with E-state index in [-0.39, 0.29) is 11.9 Å². The Morgan fingerprint density at radius 3 is 2.85 bits per heavy atom. The van der Waals surface area contributed by atoms with Crippen molar-refractivity contribution in [3.8, 4) is 5.75 Å². The normalized spacial score (nSPS) is 12.3. The van der Waals surface area contributed by atoms with Gasteiger partial charge in [-0.05, 0) is 31.2 Å². The molecule has 138 valence electrons. The number of nitrogens with one attached hydrogen (secondary N) is 1. The molecule has 0 saturated heterocycles. The van der Waals surface area contributed by atoms with Crippen LogP contribution in [0.15, 0.2) is 30.6 Å². The molecule has 1 aromatic carbocycles. The summed E-state index contributed by atoms with van der Waals surface area (Å²) in [6, 6.07) is 7.31. The predicted octanol–water partition coefficient (Wildman–Crippen LogP) is 1.92. The van der Waals surface area contributed by atoms with E-state index < -0.39 is 0 Å². The topological polar surface area (TPSA) is 83.2 Å². The van der Waals surface area contributed by atoms with Crippen LogP contribution in [0.25, 0.3) is 10.9 Å². The smallest absolute Gasteiger partial charge is 0.268 e. The maximum Gasteiger partial charge on any atom is 0.268 e. The van der Waals surface area contributed by atoms with E-state index in [1.807, 2.05) is 47.4 Å². The predicted molar refractivity (Wildman–Crippen MR) is 97.3 cm³/mol. The third-order valence-corrected chi connectivity index (χ3v) is 4.40. The number of ether oxygens (including phenoxy) is 2. The molecule has 1 atom stereocenters. The van der Waals surface area contributed by atoms with Crippen LogP contribution in [-0.4, -0.2) is 46.1 Å². The van der Waals surface area contributed by atoms with E-state index >= 15 is 0 Å². The Bertz CT molecular complexity index is 915. The summed E-state index contributed by atoms with van der Waals surface area (Å²) in [4.78, 5) is 12.8. The lowest BCUT2D eigenvalue weighted by molar-refractivity contribution is 0.0929. The maximum atomic E-state index is 12.8. The molecule has 0 fully saturated rings. The summed E-state index contributed by atoms with van der Waals surface area (Å²) in [5, 5.41) is 12.0. The average Bonchev–Trinajstić information content (AvgIpc) is 3.24. The van der Waals surface area contributed by atoms with Crippen molar-refractivity contribution in [2.24, 2.45) is 7.05 Å². The maximum absolute atomic E-state index is 12.8. The van der Waals surface area contributed by atoms with E-state index in [4.69, 9.17) is 9.47 Å². The second-order valence-electron chi connectivity index (χ2n) is 6.08. The number of aromatic nitrogens is 4. The molecule has 0 spiro atoms. The number of carbonyl (C=O) groups is 1. The van der Waals surface area contributed by atoms with Crippen LogP contribution in [0.3, 0.4) is 0 Å². The van der Waals surface area contributed by atoms with Gasteiger partial charge >= 0.3 is 0 Å². The first kappa shape index (κ1) is 17.9. The molecular weight excluding hydrogens is 334 g/mol. The molecule has 0 aliphatic heterocycles. The van der Waals surface area contributed by atoms with Gasteiger partial charge in [-0.1, -0.05) is 0 Å². The second kappa shape index (κ2) is 7.57. The molecule has 1 amide bonds. The van der Waals surface area contributed by atoms with Gasteiger partial charge in [0, 0.05) is 31.6 Å². The van der Waals surface area contributed by atoms with Crippen molar-refractivity contribution in [3.63, 3.8) is 0 Å². The number of benzene rings is 1. The average molecular weight is 357 g/mol. The number of fused-ring (bicyclic) bond motifs is 1. The van der Waals surface area contributed by atoms with Crippen molar-refractivity contribution in [2.45, 2.75) is 19.5 Å². The fraction of sp³-hybridized carbons (Fsp3) is 0.389. The minimum absolute atomic E-state index is 0.170. The zero-order valence-corrected chi connectivity index (χ0v) is 15.4. The Labute approximate surface area is 151 Å². The molecule has 3 rings (SSSR count). The molecule has 2 aromatic heterocycles. The van der Waals surface area contributed by atoms with Crippen LogP contribution >= 0.6 is 0 Å². The first-order valence-corrected chi connectivity index (χ1v) is 8.36. The monoisotopic (exact) mass is 357 g/mol. The highest BCUT2D eigenvalue weighted by atomic mass is 16.5. The Kier molecular flexibility index (Phi) is 5.22. The highest BCUT2D eigenvalue weighted by Gasteiger charge is 2.19. The van der Waals surface area contributed by atoms with Crippen LogP contribution < -0.4 is 10.1 Å². The minimum Gasteiger partial charge on any atom is -0.497 e. The standard InChI is InChI=1S/C18H23N5O3/c1-12(17-21-19-11-23(17)7-8-25-3)20-18(24)16-10-13-9-14(26-4)5-6-15(13)22(16)2/h5-6,9-12H,7-8H2,1-4H3,(H,20,24)/t12-/m1/s1. The molecule has 8 heteroatoms. The molecule has 1 N–H and O–H groups in total. The van der Waals surface area contributed by atoms with Crippen LogP contribution in [-0.2, 0) is 18.3 Å². The molecule has 3 aromatic rings. The molecule has 0 saturated carbocycles. The summed E-state index contributed by atoms with van der Waals surface area (Å²) in [6.07, 6.45) is 1.64. The summed E-state index contributed by atoms with van der Waals surface area (Å²) in [6.45, 7) is 3.07. The number of rotatable bonds is 7. The van der Waals surface area contributed by atoms with E-state index in [2.05, 4.69) is 15.5 Å². The number of hydrogen-bond donors (Lipinski definition) is 1. The molecule has 0 aliphatic rings. The van der Waals surface area contributed by atoms with Gasteiger partial charge in [0.2, 0.25) is 0 Å². The Morgan fingerprint density at radius 1 is 1.31 bits per heavy atom. The lowest BCUT2D eigenvalue weighted by Crippen LogP contribution is -2.30. The van der Waals surface area contributed by atoms with Gasteiger partial charge in [-0.15, -0.1) is 10.2 Å². The third-order valence-electron chi connectivity index (χ3n) is 4.40. The van der Waals surface area contributed by atoms with Gasteiger partial charge in [-0.25, -0.2) is 0 Å². The van der Waals surface area contributed by atoms with Crippen LogP contribution in [0.1, 0.15) is 29.3 Å². The largest absolute Gasteiger partial charge is 0.497 e. The van der Waals surface area contributed by atoms with Crippen molar-refractivity contribution >= 4 is 16.8 Å². The Hall–Kier alpha value is -2.87. The molecule has 8 nitrogen and oxygen atoms in total. The van der Waals surface area contributed by atoms with E-state index in [1.54, 1.807) is 20.5 Å². The fourth-order valence-corrected chi connectivity index (χ4v) is 2.97. The molecule has 0 radical (unpaired) electrons. The van der Waals surface area contributed by atoms with E-state index in [1.165, 1.54) is 0 Å². The summed E-state index contributed by atoms with van der Waals surface area (Å²) in [5.41, 5.74) is 1.54. The molecule has 0 unspecified atom stereocenters. The van der Waals surface area contributed by atoms with Crippen molar-refractivity contribution in [2.75, 3.05) is 20.8 Å². The fourth-order valence-electron chi connectivity index (χ4n) is 2.97. The quantitative estimate of drug-likeness (QED) is 0.698. The SMILES string of the molecule is COCCn1cnnc1[C@@H](C)NC(=O)c1cc2cc(OC)ccc2n1C. The van der Waals surface area contributed by atoms with Crippen molar-refractivity contribution in [1.29, 1.82) is 0 Å². The second-order valence-corrected chi connectivity index (χ2v) is 6.08. The molecule has 0 aliphatic carbocycles. The first-order chi connectivity index (χ1) is 12.5. The highest BCUT2D eigenvalue weighted by molar-refractivity contribution is 5.99. The number of aryl methyl sites for hydroxylation is 1. The molecular formula is C18H23N5O3. The van der Waals surface area contributed by atoms with Gasteiger partial charge in [0.1, 0.15) is 17.8 Å². The van der Waals surface area contributed by atoms with Crippen LogP contribution in [0, 0.1) is 0 Å². The Morgan fingerprint density at radius 2 is 2.12 bits per heavy atom. The van der Waals surface area contributed by atoms with Gasteiger partial charge in [0.25, 0.3) is 5.91 Å². The van der Waals surface area contributed by atoms with E-state index in [0.717, 1.165) is 16.7 Å². The van der Waals surface area contributed by atoms with Crippen LogP contribution in [0.5, 0.6) is 5.75 Å². The van der Waals surface area contributed by atoms with Gasteiger partial charge in [0.05, 0.1) is 19.8 Å². The highest BCUT2D eigenvalue weighted by Crippen LogP contribution is 2.24. The van der Waals surface area contributed by atoms with Crippen molar-refractivity contribution < 1.29 is 14.3 Å². The number of hydrogen-bond acceptors (Lipinski definition) is 5. The van der Waals surface area contributed by atoms with E-state index in [9.17, 15) is 4.79 Å². The van der Waals surface area contributed by atoms with Gasteiger partial charge < -0.3 is 23.9 Å². The van der Waals surface area contributed by atoms with Crippen LogP contribution in [0.4, 0.5) is 0 Å². The summed E-state index contributed by atoms with van der Waals surface area (Å²) < 4.78 is 14.1. The van der Waals surface area contributed by atoms with E-state index in [0.29, 0.717) is 24.7 Å². The zero-order valence-electron chi connectivity index (χ0n) is 15.4. The number of amides is 1. The first-order valence-electron chi connectivity index (χ1n) is 8.36.